The Bertz CT molecular complexity index is 1890. The van der Waals surface area contributed by atoms with Gasteiger partial charge in [-0.3, -0.25) is 19.1 Å². The SMILES string of the molecule is COCC1(N=C(N)c2ccc3c(c2)CCC([C@](C)(O/N=C(\C(=O)NC2C(=O)N(OS(=O)(=O)O)C2(C)C)c2csc(N)n2)C(=O)O)O3)CCC(N)CC1. The van der Waals surface area contributed by atoms with Gasteiger partial charge >= 0.3 is 16.4 Å². The van der Waals surface area contributed by atoms with Crippen molar-refractivity contribution < 1.29 is 51.1 Å². The number of nitrogens with zero attached hydrogens (tertiary/aromatic N) is 4. The quantitative estimate of drug-likeness (QED) is 0.0532. The number of amides is 2. The van der Waals surface area contributed by atoms with Crippen LogP contribution in [0.25, 0.3) is 0 Å². The van der Waals surface area contributed by atoms with Gasteiger partial charge in [0.25, 0.3) is 17.4 Å². The summed E-state index contributed by atoms with van der Waals surface area (Å²) in [6, 6.07) is 4.02. The molecule has 0 bridgehead atoms. The van der Waals surface area contributed by atoms with E-state index in [4.69, 9.17) is 41.1 Å². The number of aryl methyl sites for hydroxylation is 1. The second-order valence-electron chi connectivity index (χ2n) is 13.7. The van der Waals surface area contributed by atoms with Crippen LogP contribution in [0.4, 0.5) is 5.13 Å². The highest BCUT2D eigenvalue weighted by Gasteiger charge is 2.58. The summed E-state index contributed by atoms with van der Waals surface area (Å²) in [5, 5.41) is 18.5. The maximum Gasteiger partial charge on any atom is 0.418 e. The molecule has 1 aromatic heterocycles. The minimum Gasteiger partial charge on any atom is -0.485 e. The molecule has 0 radical (unpaired) electrons. The van der Waals surface area contributed by atoms with Crippen LogP contribution in [0.5, 0.6) is 5.75 Å². The standard InChI is InChI=1S/C31H42N8O11S2/c1-29(2)23(26(41)39(29)50-52(44,45)46)36-25(40)22(19-14-51-28(34)35-19)38-49-30(3,27(42)43)21-8-6-16-13-17(5-7-20(16)48-21)24(33)37-31(15-47-4)11-9-18(32)10-12-31/h5,7,13-14,18,21,23H,6,8-12,15,32H2,1-4H3,(H2,33,37)(H2,34,35)(H,36,40)(H,42,43)(H,44,45,46)/b38-22-/t18?,21?,23?,30-,31?/m0/s1. The number of rotatable bonds is 13. The number of hydroxylamine groups is 2. The average molecular weight is 767 g/mol. The molecule has 2 unspecified atom stereocenters. The van der Waals surface area contributed by atoms with Gasteiger partial charge in [0.15, 0.2) is 16.9 Å². The first kappa shape index (κ1) is 38.8. The molecular weight excluding hydrogens is 725 g/mol. The number of aromatic nitrogens is 1. The van der Waals surface area contributed by atoms with E-state index in [-0.39, 0.29) is 23.3 Å². The Kier molecular flexibility index (Phi) is 10.9. The van der Waals surface area contributed by atoms with Gasteiger partial charge in [-0.05, 0) is 83.1 Å². The van der Waals surface area contributed by atoms with Gasteiger partial charge in [0.2, 0.25) is 0 Å². The van der Waals surface area contributed by atoms with Crippen LogP contribution in [0.2, 0.25) is 0 Å². The van der Waals surface area contributed by atoms with Crippen LogP contribution in [0.1, 0.15) is 69.7 Å². The number of ether oxygens (including phenoxy) is 2. The molecule has 1 saturated heterocycles. The van der Waals surface area contributed by atoms with E-state index in [1.165, 1.54) is 26.2 Å². The van der Waals surface area contributed by atoms with Gasteiger partial charge in [-0.1, -0.05) is 5.16 Å². The number of carboxylic acid groups (broad SMARTS) is 1. The van der Waals surface area contributed by atoms with Crippen molar-refractivity contribution in [2.24, 2.45) is 21.6 Å². The lowest BCUT2D eigenvalue weighted by Crippen LogP contribution is -2.76. The number of aliphatic carboxylic acids is 1. The molecule has 1 aliphatic carbocycles. The number of amidine groups is 1. The molecule has 52 heavy (non-hydrogen) atoms. The van der Waals surface area contributed by atoms with Crippen molar-refractivity contribution in [1.82, 2.24) is 15.4 Å². The third kappa shape index (κ3) is 7.98. The number of hydrogen-bond donors (Lipinski definition) is 6. The maximum absolute atomic E-state index is 13.5. The Balaban J connectivity index is 1.35. The van der Waals surface area contributed by atoms with E-state index < -0.39 is 62.7 Å². The first-order chi connectivity index (χ1) is 24.3. The summed E-state index contributed by atoms with van der Waals surface area (Å²) < 4.78 is 47.3. The lowest BCUT2D eigenvalue weighted by Gasteiger charge is -2.50. The number of anilines is 1. The largest absolute Gasteiger partial charge is 0.485 e. The van der Waals surface area contributed by atoms with Gasteiger partial charge in [-0.15, -0.1) is 15.6 Å². The molecule has 21 heteroatoms. The van der Waals surface area contributed by atoms with Crippen LogP contribution in [0.15, 0.2) is 33.7 Å². The van der Waals surface area contributed by atoms with Crippen molar-refractivity contribution in [3.8, 4) is 5.75 Å². The molecule has 1 aromatic carbocycles. The van der Waals surface area contributed by atoms with Crippen molar-refractivity contribution in [2.45, 2.75) is 94.2 Å². The van der Waals surface area contributed by atoms with Gasteiger partial charge in [0.1, 0.15) is 23.3 Å². The van der Waals surface area contributed by atoms with Gasteiger partial charge in [-0.25, -0.2) is 9.78 Å². The number of nitrogen functional groups attached to an aromatic ring is 1. The summed E-state index contributed by atoms with van der Waals surface area (Å²) in [4.78, 5) is 53.4. The van der Waals surface area contributed by atoms with Crippen LogP contribution in [0.3, 0.4) is 0 Å². The number of methoxy groups -OCH3 is 1. The Morgan fingerprint density at radius 2 is 1.94 bits per heavy atom. The second kappa shape index (κ2) is 14.5. The number of β-lactam (4-membered cyclic amide) rings is 1. The summed E-state index contributed by atoms with van der Waals surface area (Å²) in [7, 11) is -3.41. The van der Waals surface area contributed by atoms with Crippen LogP contribution in [-0.4, -0.2) is 106 Å². The van der Waals surface area contributed by atoms with E-state index in [1.807, 2.05) is 6.07 Å². The smallest absolute Gasteiger partial charge is 0.418 e. The molecule has 9 N–H and O–H groups in total. The number of nitrogens with two attached hydrogens (primary N) is 3. The van der Waals surface area contributed by atoms with Crippen molar-refractivity contribution in [3.63, 3.8) is 0 Å². The number of carboxylic acids is 1. The van der Waals surface area contributed by atoms with Crippen molar-refractivity contribution in [2.75, 3.05) is 19.5 Å². The van der Waals surface area contributed by atoms with Gasteiger partial charge in [-0.2, -0.15) is 13.5 Å². The summed E-state index contributed by atoms with van der Waals surface area (Å²) in [6.07, 6.45) is 2.58. The molecule has 3 heterocycles. The zero-order valence-electron chi connectivity index (χ0n) is 28.9. The fourth-order valence-corrected chi connectivity index (χ4v) is 7.39. The average Bonchev–Trinajstić information content (AvgIpc) is 3.51. The Labute approximate surface area is 303 Å². The highest BCUT2D eigenvalue weighted by atomic mass is 32.3. The highest BCUT2D eigenvalue weighted by molar-refractivity contribution is 7.80. The van der Waals surface area contributed by atoms with E-state index in [1.54, 1.807) is 19.2 Å². The molecule has 2 fully saturated rings. The number of fused-ring (bicyclic) bond motifs is 1. The minimum atomic E-state index is -5.04. The van der Waals surface area contributed by atoms with Gasteiger partial charge < -0.3 is 41.9 Å². The monoisotopic (exact) mass is 766 g/mol. The zero-order chi connectivity index (χ0) is 38.2. The normalized spacial score (nSPS) is 26.0. The summed E-state index contributed by atoms with van der Waals surface area (Å²) in [5.74, 6) is -2.73. The maximum atomic E-state index is 13.5. The van der Waals surface area contributed by atoms with Crippen molar-refractivity contribution in [1.29, 1.82) is 0 Å². The van der Waals surface area contributed by atoms with Crippen LogP contribution >= 0.6 is 11.3 Å². The second-order valence-corrected chi connectivity index (χ2v) is 15.6. The van der Waals surface area contributed by atoms with E-state index in [9.17, 15) is 27.9 Å². The minimum absolute atomic E-state index is 0.0540. The lowest BCUT2D eigenvalue weighted by molar-refractivity contribution is -0.218. The van der Waals surface area contributed by atoms with Crippen molar-refractivity contribution >= 4 is 56.2 Å². The highest BCUT2D eigenvalue weighted by Crippen LogP contribution is 2.36. The summed E-state index contributed by atoms with van der Waals surface area (Å²) in [6.45, 7) is 4.39. The molecular formula is C31H42N8O11S2. The lowest BCUT2D eigenvalue weighted by atomic mass is 9.80. The predicted octanol–water partition coefficient (Wildman–Crippen LogP) is 0.515. The van der Waals surface area contributed by atoms with Crippen LogP contribution in [-0.2, 0) is 45.1 Å². The third-order valence-electron chi connectivity index (χ3n) is 9.50. The molecule has 5 rings (SSSR count). The first-order valence-corrected chi connectivity index (χ1v) is 18.5. The molecule has 3 atom stereocenters. The number of nitrogens with one attached hydrogen (secondary N) is 1. The van der Waals surface area contributed by atoms with Crippen molar-refractivity contribution in [3.05, 3.63) is 40.4 Å². The molecule has 3 aliphatic rings. The number of aliphatic imine (C=N–C) groups is 1. The molecule has 19 nitrogen and oxygen atoms in total. The molecule has 2 amide bonds. The van der Waals surface area contributed by atoms with Crippen LogP contribution in [0, 0.1) is 0 Å². The predicted molar refractivity (Wildman–Crippen MR) is 187 cm³/mol. The topological polar surface area (TPSA) is 294 Å². The molecule has 0 spiro atoms. The number of hydrogen-bond acceptors (Lipinski definition) is 15. The Morgan fingerprint density at radius 1 is 1.25 bits per heavy atom. The van der Waals surface area contributed by atoms with E-state index in [0.717, 1.165) is 42.6 Å². The fraction of sp³-hybridized carbons (Fsp3) is 0.548. The van der Waals surface area contributed by atoms with E-state index in [0.29, 0.717) is 35.2 Å². The molecule has 1 saturated carbocycles. The number of thiazole rings is 1. The van der Waals surface area contributed by atoms with Gasteiger partial charge in [0.05, 0.1) is 17.7 Å². The fourth-order valence-electron chi connectivity index (χ4n) is 6.39. The number of carbonyl (C=O) groups is 3. The zero-order valence-corrected chi connectivity index (χ0v) is 30.5. The van der Waals surface area contributed by atoms with E-state index >= 15 is 0 Å². The van der Waals surface area contributed by atoms with Gasteiger partial charge in [0, 0.05) is 24.1 Å². The number of benzene rings is 1. The molecule has 2 aliphatic heterocycles. The number of carbonyl (C=O) groups excluding carboxylic acids is 2. The molecule has 284 valence electrons. The van der Waals surface area contributed by atoms with E-state index in [2.05, 4.69) is 19.7 Å². The Morgan fingerprint density at radius 3 is 2.52 bits per heavy atom. The summed E-state index contributed by atoms with van der Waals surface area (Å²) >= 11 is 0.962. The first-order valence-electron chi connectivity index (χ1n) is 16.2. The summed E-state index contributed by atoms with van der Waals surface area (Å²) in [5.41, 5.74) is 15.1. The van der Waals surface area contributed by atoms with Crippen LogP contribution < -0.4 is 27.3 Å². The Hall–Kier alpha value is -4.41. The third-order valence-corrected chi connectivity index (χ3v) is 10.5. The molecule has 2 aromatic rings. The number of oxime groups is 1.